The Labute approximate surface area is 118 Å². The van der Waals surface area contributed by atoms with Crippen LogP contribution in [0.3, 0.4) is 0 Å². The predicted molar refractivity (Wildman–Crippen MR) is 78.9 cm³/mol. The van der Waals surface area contributed by atoms with E-state index in [1.165, 1.54) is 25.7 Å². The Morgan fingerprint density at radius 1 is 1.33 bits per heavy atom. The fourth-order valence-electron chi connectivity index (χ4n) is 1.86. The molecular formula is C14H22BrN3. The molecule has 0 aliphatic heterocycles. The summed E-state index contributed by atoms with van der Waals surface area (Å²) in [5.74, 6) is 2.81. The summed E-state index contributed by atoms with van der Waals surface area (Å²) in [5, 5.41) is 3.40. The highest BCUT2D eigenvalue weighted by Gasteiger charge is 2.20. The molecule has 1 aliphatic carbocycles. The number of aromatic nitrogens is 2. The van der Waals surface area contributed by atoms with Gasteiger partial charge in [-0.15, -0.1) is 0 Å². The van der Waals surface area contributed by atoms with Crippen molar-refractivity contribution in [1.82, 2.24) is 9.97 Å². The van der Waals surface area contributed by atoms with Crippen molar-refractivity contribution in [3.05, 3.63) is 16.5 Å². The second kappa shape index (κ2) is 5.55. The zero-order valence-corrected chi connectivity index (χ0v) is 13.0. The van der Waals surface area contributed by atoms with Crippen LogP contribution in [0, 0.1) is 5.92 Å². The SMILES string of the molecule is CC(C)(C)c1nc(Br)cc(NCCCC2CC2)n1. The standard InChI is InChI=1S/C14H22BrN3/c1-14(2,3)13-17-11(15)9-12(18-13)16-8-4-5-10-6-7-10/h9-10H,4-8H2,1-3H3,(H,16,17,18). The Bertz CT molecular complexity index is 408. The molecular weight excluding hydrogens is 290 g/mol. The van der Waals surface area contributed by atoms with E-state index in [-0.39, 0.29) is 5.41 Å². The Balaban J connectivity index is 1.92. The lowest BCUT2D eigenvalue weighted by atomic mass is 9.96. The molecule has 0 spiro atoms. The summed E-state index contributed by atoms with van der Waals surface area (Å²) in [6, 6.07) is 1.95. The van der Waals surface area contributed by atoms with Gasteiger partial charge in [0.1, 0.15) is 16.2 Å². The Hall–Kier alpha value is -0.640. The molecule has 0 radical (unpaired) electrons. The molecule has 3 nitrogen and oxygen atoms in total. The molecule has 18 heavy (non-hydrogen) atoms. The molecule has 0 atom stereocenters. The van der Waals surface area contributed by atoms with Crippen molar-refractivity contribution >= 4 is 21.7 Å². The van der Waals surface area contributed by atoms with Crippen LogP contribution in [0.15, 0.2) is 10.7 Å². The van der Waals surface area contributed by atoms with Gasteiger partial charge in [0, 0.05) is 18.0 Å². The van der Waals surface area contributed by atoms with E-state index in [1.54, 1.807) is 0 Å². The lowest BCUT2D eigenvalue weighted by Crippen LogP contribution is -2.17. The van der Waals surface area contributed by atoms with Crippen molar-refractivity contribution in [2.24, 2.45) is 5.92 Å². The number of hydrogen-bond donors (Lipinski definition) is 1. The highest BCUT2D eigenvalue weighted by Crippen LogP contribution is 2.33. The smallest absolute Gasteiger partial charge is 0.137 e. The fourth-order valence-corrected chi connectivity index (χ4v) is 2.24. The predicted octanol–water partition coefficient (Wildman–Crippen LogP) is 4.14. The second-order valence-corrected chi connectivity index (χ2v) is 6.97. The van der Waals surface area contributed by atoms with Gasteiger partial charge in [-0.1, -0.05) is 33.6 Å². The van der Waals surface area contributed by atoms with Crippen LogP contribution in [0.2, 0.25) is 0 Å². The number of nitrogens with one attached hydrogen (secondary N) is 1. The normalized spacial score (nSPS) is 15.8. The molecule has 0 saturated heterocycles. The van der Waals surface area contributed by atoms with Crippen molar-refractivity contribution in [1.29, 1.82) is 0 Å². The van der Waals surface area contributed by atoms with Crippen molar-refractivity contribution < 1.29 is 0 Å². The van der Waals surface area contributed by atoms with E-state index < -0.39 is 0 Å². The van der Waals surface area contributed by atoms with Gasteiger partial charge in [0.2, 0.25) is 0 Å². The van der Waals surface area contributed by atoms with Crippen LogP contribution < -0.4 is 5.32 Å². The number of halogens is 1. The van der Waals surface area contributed by atoms with Gasteiger partial charge >= 0.3 is 0 Å². The minimum atomic E-state index is -0.0196. The highest BCUT2D eigenvalue weighted by atomic mass is 79.9. The first-order chi connectivity index (χ1) is 8.45. The third-order valence-corrected chi connectivity index (χ3v) is 3.56. The zero-order valence-electron chi connectivity index (χ0n) is 11.5. The molecule has 1 aromatic heterocycles. The average molecular weight is 312 g/mol. The van der Waals surface area contributed by atoms with E-state index in [0.717, 1.165) is 28.7 Å². The van der Waals surface area contributed by atoms with E-state index in [4.69, 9.17) is 0 Å². The summed E-state index contributed by atoms with van der Waals surface area (Å²) in [6.45, 7) is 7.40. The van der Waals surface area contributed by atoms with Gasteiger partial charge in [-0.25, -0.2) is 9.97 Å². The number of anilines is 1. The molecule has 1 aliphatic rings. The maximum absolute atomic E-state index is 4.58. The van der Waals surface area contributed by atoms with E-state index in [9.17, 15) is 0 Å². The van der Waals surface area contributed by atoms with Crippen LogP contribution in [0.4, 0.5) is 5.82 Å². The van der Waals surface area contributed by atoms with E-state index in [1.807, 2.05) is 6.07 Å². The molecule has 0 aromatic carbocycles. The summed E-state index contributed by atoms with van der Waals surface area (Å²) in [7, 11) is 0. The first-order valence-electron chi connectivity index (χ1n) is 6.74. The molecule has 100 valence electrons. The average Bonchev–Trinajstić information content (AvgIpc) is 3.06. The van der Waals surface area contributed by atoms with Crippen LogP contribution in [-0.4, -0.2) is 16.5 Å². The quantitative estimate of drug-likeness (QED) is 0.656. The van der Waals surface area contributed by atoms with Crippen molar-refractivity contribution in [2.75, 3.05) is 11.9 Å². The molecule has 1 saturated carbocycles. The Morgan fingerprint density at radius 3 is 2.67 bits per heavy atom. The van der Waals surface area contributed by atoms with Crippen LogP contribution in [0.1, 0.15) is 52.3 Å². The molecule has 0 amide bonds. The molecule has 1 heterocycles. The number of nitrogens with zero attached hydrogens (tertiary/aromatic N) is 2. The van der Waals surface area contributed by atoms with E-state index in [0.29, 0.717) is 0 Å². The van der Waals surface area contributed by atoms with Crippen molar-refractivity contribution in [3.63, 3.8) is 0 Å². The van der Waals surface area contributed by atoms with Gasteiger partial charge in [0.25, 0.3) is 0 Å². The highest BCUT2D eigenvalue weighted by molar-refractivity contribution is 9.10. The van der Waals surface area contributed by atoms with Crippen LogP contribution in [0.25, 0.3) is 0 Å². The molecule has 0 bridgehead atoms. The van der Waals surface area contributed by atoms with Gasteiger partial charge in [-0.05, 0) is 34.7 Å². The summed E-state index contributed by atoms with van der Waals surface area (Å²) in [4.78, 5) is 9.02. The van der Waals surface area contributed by atoms with Gasteiger partial charge in [0.15, 0.2) is 0 Å². The summed E-state index contributed by atoms with van der Waals surface area (Å²) >= 11 is 3.46. The van der Waals surface area contributed by atoms with Gasteiger partial charge in [-0.3, -0.25) is 0 Å². The Morgan fingerprint density at radius 2 is 2.06 bits per heavy atom. The number of rotatable bonds is 5. The van der Waals surface area contributed by atoms with Crippen LogP contribution in [0.5, 0.6) is 0 Å². The lowest BCUT2D eigenvalue weighted by molar-refractivity contribution is 0.544. The Kier molecular flexibility index (Phi) is 4.25. The molecule has 4 heteroatoms. The summed E-state index contributed by atoms with van der Waals surface area (Å²) < 4.78 is 0.854. The molecule has 2 rings (SSSR count). The van der Waals surface area contributed by atoms with Crippen molar-refractivity contribution in [2.45, 2.75) is 51.9 Å². The maximum atomic E-state index is 4.58. The molecule has 1 fully saturated rings. The third kappa shape index (κ3) is 4.23. The topological polar surface area (TPSA) is 37.8 Å². The first kappa shape index (κ1) is 13.8. The second-order valence-electron chi connectivity index (χ2n) is 6.16. The minimum absolute atomic E-state index is 0.0196. The summed E-state index contributed by atoms with van der Waals surface area (Å²) in [6.07, 6.45) is 5.46. The minimum Gasteiger partial charge on any atom is -0.370 e. The monoisotopic (exact) mass is 311 g/mol. The van der Waals surface area contributed by atoms with E-state index >= 15 is 0 Å². The third-order valence-electron chi connectivity index (χ3n) is 3.16. The first-order valence-corrected chi connectivity index (χ1v) is 7.53. The molecule has 0 unspecified atom stereocenters. The van der Waals surface area contributed by atoms with Crippen LogP contribution >= 0.6 is 15.9 Å². The van der Waals surface area contributed by atoms with Gasteiger partial charge in [-0.2, -0.15) is 0 Å². The van der Waals surface area contributed by atoms with Crippen LogP contribution in [-0.2, 0) is 5.41 Å². The fraction of sp³-hybridized carbons (Fsp3) is 0.714. The molecule has 1 N–H and O–H groups in total. The summed E-state index contributed by atoms with van der Waals surface area (Å²) in [5.41, 5.74) is -0.0196. The van der Waals surface area contributed by atoms with Crippen molar-refractivity contribution in [3.8, 4) is 0 Å². The lowest BCUT2D eigenvalue weighted by Gasteiger charge is -2.18. The van der Waals surface area contributed by atoms with E-state index in [2.05, 4.69) is 52.0 Å². The maximum Gasteiger partial charge on any atom is 0.137 e. The molecule has 1 aromatic rings. The van der Waals surface area contributed by atoms with Gasteiger partial charge < -0.3 is 5.32 Å². The largest absolute Gasteiger partial charge is 0.370 e. The van der Waals surface area contributed by atoms with Gasteiger partial charge in [0.05, 0.1) is 0 Å². The zero-order chi connectivity index (χ0) is 13.2. The number of hydrogen-bond acceptors (Lipinski definition) is 3.